The number of hydrogen-bond donors (Lipinski definition) is 2. The van der Waals surface area contributed by atoms with Crippen LogP contribution in [0.2, 0.25) is 0 Å². The fourth-order valence-corrected chi connectivity index (χ4v) is 3.88. The summed E-state index contributed by atoms with van der Waals surface area (Å²) in [5, 5.41) is 19.3. The molecule has 0 bridgehead atoms. The summed E-state index contributed by atoms with van der Waals surface area (Å²) in [6, 6.07) is 16.0. The summed E-state index contributed by atoms with van der Waals surface area (Å²) in [6.45, 7) is -0.594. The highest BCUT2D eigenvalue weighted by molar-refractivity contribution is 7.10. The van der Waals surface area contributed by atoms with Gasteiger partial charge in [0.1, 0.15) is 11.4 Å². The Balaban J connectivity index is 2.13. The standard InChI is InChI=1S/C24H25N3O4S/c1-25(2)18-9-5-16(6-10-18)20(17-7-11-19(12-8-17)26(3)4)13-14-21-23(30)27(15-22(28)29)24(31)32-21/h5-12,14,30H,15H2,1-4H3,(H,28,29). The number of benzene rings is 2. The van der Waals surface area contributed by atoms with Crippen LogP contribution in [0.15, 0.2) is 59.1 Å². The summed E-state index contributed by atoms with van der Waals surface area (Å²) in [4.78, 5) is 26.8. The minimum atomic E-state index is -1.20. The van der Waals surface area contributed by atoms with E-state index >= 15 is 0 Å². The van der Waals surface area contributed by atoms with Gasteiger partial charge < -0.3 is 20.0 Å². The molecule has 7 nitrogen and oxygen atoms in total. The van der Waals surface area contributed by atoms with Crippen LogP contribution < -0.4 is 14.7 Å². The molecule has 0 amide bonds. The number of thiazole rings is 1. The van der Waals surface area contributed by atoms with Gasteiger partial charge in [-0.15, -0.1) is 5.73 Å². The van der Waals surface area contributed by atoms with Crippen LogP contribution in [0.25, 0.3) is 11.6 Å². The summed E-state index contributed by atoms with van der Waals surface area (Å²) < 4.78 is 0.831. The Hall–Kier alpha value is -3.74. The van der Waals surface area contributed by atoms with Crippen molar-refractivity contribution in [3.8, 4) is 5.88 Å². The molecule has 0 atom stereocenters. The number of rotatable bonds is 7. The summed E-state index contributed by atoms with van der Waals surface area (Å²) >= 11 is 0.777. The lowest BCUT2D eigenvalue weighted by molar-refractivity contribution is -0.137. The zero-order valence-corrected chi connectivity index (χ0v) is 19.2. The van der Waals surface area contributed by atoms with E-state index < -0.39 is 17.4 Å². The fourth-order valence-electron chi connectivity index (χ4n) is 3.11. The summed E-state index contributed by atoms with van der Waals surface area (Å²) in [7, 11) is 7.88. The number of anilines is 2. The molecule has 3 rings (SSSR count). The maximum Gasteiger partial charge on any atom is 0.323 e. The van der Waals surface area contributed by atoms with E-state index in [2.05, 4.69) is 5.73 Å². The number of carbonyl (C=O) groups is 1. The Bertz CT molecular complexity index is 1180. The van der Waals surface area contributed by atoms with Crippen LogP contribution in [0.3, 0.4) is 0 Å². The van der Waals surface area contributed by atoms with Crippen LogP contribution in [0.1, 0.15) is 16.0 Å². The second kappa shape index (κ2) is 9.60. The minimum Gasteiger partial charge on any atom is -0.493 e. The summed E-state index contributed by atoms with van der Waals surface area (Å²) in [5.41, 5.74) is 7.95. The molecule has 0 unspecified atom stereocenters. The predicted octanol–water partition coefficient (Wildman–Crippen LogP) is 3.58. The molecule has 8 heteroatoms. The van der Waals surface area contributed by atoms with E-state index in [0.29, 0.717) is 0 Å². The van der Waals surface area contributed by atoms with Gasteiger partial charge in [-0.05, 0) is 35.4 Å². The van der Waals surface area contributed by atoms with Gasteiger partial charge in [0.25, 0.3) is 0 Å². The molecular weight excluding hydrogens is 426 g/mol. The van der Waals surface area contributed by atoms with Gasteiger partial charge in [0.05, 0.1) is 0 Å². The number of hydrogen-bond acceptors (Lipinski definition) is 6. The van der Waals surface area contributed by atoms with Crippen molar-refractivity contribution in [2.24, 2.45) is 0 Å². The lowest BCUT2D eigenvalue weighted by atomic mass is 9.98. The van der Waals surface area contributed by atoms with Crippen molar-refractivity contribution >= 4 is 40.3 Å². The van der Waals surface area contributed by atoms with Gasteiger partial charge in [-0.1, -0.05) is 35.6 Å². The first-order chi connectivity index (χ1) is 15.2. The Morgan fingerprint density at radius 1 is 0.969 bits per heavy atom. The molecule has 0 saturated carbocycles. The van der Waals surface area contributed by atoms with Gasteiger partial charge in [-0.2, -0.15) is 0 Å². The maximum absolute atomic E-state index is 12.1. The van der Waals surface area contributed by atoms with E-state index in [-0.39, 0.29) is 10.8 Å². The van der Waals surface area contributed by atoms with Crippen molar-refractivity contribution in [3.05, 3.63) is 79.9 Å². The van der Waals surface area contributed by atoms with E-state index in [4.69, 9.17) is 5.11 Å². The number of nitrogens with zero attached hydrogens (tertiary/aromatic N) is 3. The normalized spacial score (nSPS) is 10.4. The molecule has 0 aliphatic carbocycles. The van der Waals surface area contributed by atoms with Gasteiger partial charge >= 0.3 is 10.8 Å². The number of aromatic nitrogens is 1. The minimum absolute atomic E-state index is 0.253. The number of aromatic hydroxyl groups is 1. The Labute approximate surface area is 190 Å². The molecule has 0 aliphatic heterocycles. The highest BCUT2D eigenvalue weighted by Gasteiger charge is 2.14. The predicted molar refractivity (Wildman–Crippen MR) is 130 cm³/mol. The maximum atomic E-state index is 12.1. The SMILES string of the molecule is CN(C)c1ccc(C(=C=Cc2sc(=O)n(CC(=O)O)c2O)c2ccc(N(C)C)cc2)cc1. The second-order valence-corrected chi connectivity index (χ2v) is 8.58. The Morgan fingerprint density at radius 2 is 1.44 bits per heavy atom. The van der Waals surface area contributed by atoms with Crippen LogP contribution in [0.5, 0.6) is 5.88 Å². The van der Waals surface area contributed by atoms with Gasteiger partial charge in [0, 0.05) is 51.2 Å². The Morgan fingerprint density at radius 3 is 1.84 bits per heavy atom. The molecule has 0 fully saturated rings. The van der Waals surface area contributed by atoms with Crippen molar-refractivity contribution in [3.63, 3.8) is 0 Å². The van der Waals surface area contributed by atoms with Crippen molar-refractivity contribution in [1.82, 2.24) is 4.57 Å². The van der Waals surface area contributed by atoms with E-state index in [9.17, 15) is 14.7 Å². The fraction of sp³-hybridized carbons (Fsp3) is 0.208. The highest BCUT2D eigenvalue weighted by Crippen LogP contribution is 2.28. The van der Waals surface area contributed by atoms with Crippen molar-refractivity contribution in [1.29, 1.82) is 0 Å². The molecule has 0 radical (unpaired) electrons. The van der Waals surface area contributed by atoms with Crippen LogP contribution in [-0.2, 0) is 11.3 Å². The van der Waals surface area contributed by atoms with Crippen molar-refractivity contribution in [2.45, 2.75) is 6.54 Å². The quantitative estimate of drug-likeness (QED) is 0.534. The second-order valence-electron chi connectivity index (χ2n) is 7.58. The Kier molecular flexibility index (Phi) is 6.88. The first kappa shape index (κ1) is 22.9. The van der Waals surface area contributed by atoms with Gasteiger partial charge in [0.2, 0.25) is 5.88 Å². The van der Waals surface area contributed by atoms with Gasteiger partial charge in [0.15, 0.2) is 0 Å². The first-order valence-corrected chi connectivity index (χ1v) is 10.7. The molecule has 1 heterocycles. The van der Waals surface area contributed by atoms with Gasteiger partial charge in [-0.25, -0.2) is 0 Å². The average Bonchev–Trinajstić information content (AvgIpc) is 3.01. The number of carboxylic acids is 1. The summed E-state index contributed by atoms with van der Waals surface area (Å²) in [6.07, 6.45) is 1.52. The first-order valence-electron chi connectivity index (χ1n) is 9.84. The third kappa shape index (κ3) is 5.11. The van der Waals surface area contributed by atoms with E-state index in [1.165, 1.54) is 6.08 Å². The zero-order chi connectivity index (χ0) is 23.4. The lowest BCUT2D eigenvalue weighted by Gasteiger charge is -2.15. The number of carboxylic acid groups (broad SMARTS) is 1. The molecule has 3 aromatic rings. The van der Waals surface area contributed by atoms with Crippen molar-refractivity contribution in [2.75, 3.05) is 38.0 Å². The van der Waals surface area contributed by atoms with Crippen LogP contribution in [-0.4, -0.2) is 48.9 Å². The largest absolute Gasteiger partial charge is 0.493 e. The molecule has 0 aliphatic rings. The number of aliphatic carboxylic acids is 1. The molecule has 0 spiro atoms. The van der Waals surface area contributed by atoms with E-state index in [1.54, 1.807) is 0 Å². The van der Waals surface area contributed by atoms with Crippen molar-refractivity contribution < 1.29 is 15.0 Å². The molecule has 0 saturated heterocycles. The molecule has 2 aromatic carbocycles. The topological polar surface area (TPSA) is 86.0 Å². The molecule has 2 N–H and O–H groups in total. The zero-order valence-electron chi connectivity index (χ0n) is 18.4. The molecule has 1 aromatic heterocycles. The lowest BCUT2D eigenvalue weighted by Crippen LogP contribution is -2.18. The van der Waals surface area contributed by atoms with Crippen LogP contribution in [0.4, 0.5) is 11.4 Å². The average molecular weight is 452 g/mol. The van der Waals surface area contributed by atoms with E-state index in [1.807, 2.05) is 86.5 Å². The summed E-state index contributed by atoms with van der Waals surface area (Å²) in [5.74, 6) is -1.57. The van der Waals surface area contributed by atoms with Gasteiger partial charge in [-0.3, -0.25) is 14.2 Å². The molecular formula is C24H25N3O4S. The van der Waals surface area contributed by atoms with Crippen LogP contribution >= 0.6 is 11.3 Å². The third-order valence-electron chi connectivity index (χ3n) is 4.88. The van der Waals surface area contributed by atoms with E-state index in [0.717, 1.165) is 44.0 Å². The van der Waals surface area contributed by atoms with Crippen LogP contribution in [0, 0.1) is 0 Å². The molecule has 32 heavy (non-hydrogen) atoms. The monoisotopic (exact) mass is 451 g/mol. The smallest absolute Gasteiger partial charge is 0.323 e. The molecule has 166 valence electrons. The third-order valence-corrected chi connectivity index (χ3v) is 5.79. The highest BCUT2D eigenvalue weighted by atomic mass is 32.1.